The van der Waals surface area contributed by atoms with E-state index in [1.54, 1.807) is 0 Å². The molecule has 0 aliphatic carbocycles. The van der Waals surface area contributed by atoms with E-state index in [1.807, 2.05) is 69.6 Å². The fourth-order valence-electron chi connectivity index (χ4n) is 2.64. The first-order chi connectivity index (χ1) is 12.4. The summed E-state index contributed by atoms with van der Waals surface area (Å²) in [5.41, 5.74) is 2.79. The molecule has 1 aromatic heterocycles. The Morgan fingerprint density at radius 2 is 1.81 bits per heavy atom. The fraction of sp³-hybridized carbons (Fsp3) is 0.381. The summed E-state index contributed by atoms with van der Waals surface area (Å²) in [7, 11) is 5.89. The van der Waals surface area contributed by atoms with E-state index >= 15 is 0 Å². The van der Waals surface area contributed by atoms with Gasteiger partial charge in [0, 0.05) is 26.7 Å². The van der Waals surface area contributed by atoms with E-state index < -0.39 is 0 Å². The van der Waals surface area contributed by atoms with Crippen molar-refractivity contribution in [3.8, 4) is 23.3 Å². The molecule has 0 radical (unpaired) electrons. The Morgan fingerprint density at radius 3 is 2.35 bits per heavy atom. The molecule has 26 heavy (non-hydrogen) atoms. The van der Waals surface area contributed by atoms with Gasteiger partial charge in [-0.05, 0) is 50.5 Å². The van der Waals surface area contributed by atoms with Gasteiger partial charge in [0.05, 0.1) is 18.9 Å². The minimum Gasteiger partial charge on any atom is -0.490 e. The van der Waals surface area contributed by atoms with E-state index in [0.717, 1.165) is 28.4 Å². The number of imidazole rings is 1. The zero-order valence-electron chi connectivity index (χ0n) is 16.5. The van der Waals surface area contributed by atoms with Gasteiger partial charge in [-0.1, -0.05) is 12.5 Å². The minimum absolute atomic E-state index is 0.574. The Bertz CT molecular complexity index is 854. The molecule has 0 aliphatic rings. The highest BCUT2D eigenvalue weighted by atomic mass is 16.5. The molecule has 1 aromatic carbocycles. The Balaban J connectivity index is 2.42. The maximum atomic E-state index is 5.66. The van der Waals surface area contributed by atoms with Gasteiger partial charge >= 0.3 is 0 Å². The van der Waals surface area contributed by atoms with E-state index in [2.05, 4.69) is 23.4 Å². The number of benzene rings is 1. The molecule has 0 spiro atoms. The smallest absolute Gasteiger partial charge is 0.187 e. The number of ether oxygens (including phenoxy) is 2. The van der Waals surface area contributed by atoms with E-state index in [-0.39, 0.29) is 0 Å². The van der Waals surface area contributed by atoms with Crippen molar-refractivity contribution in [1.82, 2.24) is 9.55 Å². The van der Waals surface area contributed by atoms with Gasteiger partial charge in [0.15, 0.2) is 23.1 Å². The SMILES string of the molecule is C=C(C)c1c(N(C)C)nc(C#Cc2ccc(OCC)c(OCC)c2)n1C. The maximum Gasteiger partial charge on any atom is 0.187 e. The van der Waals surface area contributed by atoms with Gasteiger partial charge in [0.25, 0.3) is 0 Å². The van der Waals surface area contributed by atoms with E-state index in [9.17, 15) is 0 Å². The molecular weight excluding hydrogens is 326 g/mol. The molecule has 0 amide bonds. The van der Waals surface area contributed by atoms with Crippen molar-refractivity contribution in [3.63, 3.8) is 0 Å². The number of rotatable bonds is 6. The van der Waals surface area contributed by atoms with Gasteiger partial charge in [-0.3, -0.25) is 0 Å². The molecule has 0 bridgehead atoms. The lowest BCUT2D eigenvalue weighted by molar-refractivity contribution is 0.287. The average Bonchev–Trinajstić information content (AvgIpc) is 2.92. The highest BCUT2D eigenvalue weighted by Crippen LogP contribution is 2.28. The molecule has 5 nitrogen and oxygen atoms in total. The minimum atomic E-state index is 0.574. The van der Waals surface area contributed by atoms with Crippen molar-refractivity contribution in [2.75, 3.05) is 32.2 Å². The number of aromatic nitrogens is 2. The highest BCUT2D eigenvalue weighted by molar-refractivity contribution is 5.70. The summed E-state index contributed by atoms with van der Waals surface area (Å²) in [6, 6.07) is 5.72. The van der Waals surface area contributed by atoms with Gasteiger partial charge in [-0.2, -0.15) is 0 Å². The second-order valence-corrected chi connectivity index (χ2v) is 6.12. The van der Waals surface area contributed by atoms with Gasteiger partial charge in [-0.25, -0.2) is 4.98 Å². The van der Waals surface area contributed by atoms with Crippen LogP contribution >= 0.6 is 0 Å². The average molecular weight is 353 g/mol. The number of hydrogen-bond donors (Lipinski definition) is 0. The van der Waals surface area contributed by atoms with Gasteiger partial charge in [0.2, 0.25) is 0 Å². The molecule has 0 atom stereocenters. The number of nitrogens with zero attached hydrogens (tertiary/aromatic N) is 3. The van der Waals surface area contributed by atoms with Crippen LogP contribution in [-0.2, 0) is 7.05 Å². The molecule has 138 valence electrons. The zero-order valence-corrected chi connectivity index (χ0v) is 16.5. The lowest BCUT2D eigenvalue weighted by Crippen LogP contribution is -2.11. The first kappa shape index (κ1) is 19.5. The molecule has 0 unspecified atom stereocenters. The number of anilines is 1. The van der Waals surface area contributed by atoms with Crippen molar-refractivity contribution in [1.29, 1.82) is 0 Å². The van der Waals surface area contributed by atoms with Crippen LogP contribution in [0.4, 0.5) is 5.82 Å². The second kappa shape index (κ2) is 8.48. The molecule has 2 aromatic rings. The lowest BCUT2D eigenvalue weighted by Gasteiger charge is -2.12. The molecule has 1 heterocycles. The van der Waals surface area contributed by atoms with Crippen molar-refractivity contribution in [3.05, 3.63) is 41.9 Å². The van der Waals surface area contributed by atoms with Crippen molar-refractivity contribution in [2.24, 2.45) is 7.05 Å². The van der Waals surface area contributed by atoms with E-state index in [0.29, 0.717) is 24.8 Å². The molecule has 0 fully saturated rings. The molecule has 0 N–H and O–H groups in total. The first-order valence-electron chi connectivity index (χ1n) is 8.70. The molecule has 5 heteroatoms. The third-order valence-corrected chi connectivity index (χ3v) is 3.77. The zero-order chi connectivity index (χ0) is 19.3. The predicted molar refractivity (Wildman–Crippen MR) is 107 cm³/mol. The molecule has 0 aliphatic heterocycles. The molecular formula is C21H27N3O2. The predicted octanol–water partition coefficient (Wildman–Crippen LogP) is 3.72. The summed E-state index contributed by atoms with van der Waals surface area (Å²) in [5, 5.41) is 0. The summed E-state index contributed by atoms with van der Waals surface area (Å²) < 4.78 is 13.2. The first-order valence-corrected chi connectivity index (χ1v) is 8.70. The molecule has 0 saturated heterocycles. The van der Waals surface area contributed by atoms with Crippen LogP contribution in [0.5, 0.6) is 11.5 Å². The van der Waals surface area contributed by atoms with Crippen LogP contribution in [0.15, 0.2) is 24.8 Å². The van der Waals surface area contributed by atoms with Crippen LogP contribution in [0.2, 0.25) is 0 Å². The van der Waals surface area contributed by atoms with Crippen LogP contribution in [0.1, 0.15) is 37.9 Å². The van der Waals surface area contributed by atoms with Crippen molar-refractivity contribution in [2.45, 2.75) is 20.8 Å². The second-order valence-electron chi connectivity index (χ2n) is 6.12. The Hall–Kier alpha value is -2.87. The van der Waals surface area contributed by atoms with E-state index in [4.69, 9.17) is 9.47 Å². The topological polar surface area (TPSA) is 39.5 Å². The van der Waals surface area contributed by atoms with Gasteiger partial charge in [-0.15, -0.1) is 0 Å². The Labute approximate surface area is 156 Å². The third kappa shape index (κ3) is 4.20. The van der Waals surface area contributed by atoms with Crippen LogP contribution in [0, 0.1) is 11.8 Å². The van der Waals surface area contributed by atoms with Crippen LogP contribution < -0.4 is 14.4 Å². The maximum absolute atomic E-state index is 5.66. The largest absolute Gasteiger partial charge is 0.490 e. The highest BCUT2D eigenvalue weighted by Gasteiger charge is 2.15. The van der Waals surface area contributed by atoms with Crippen LogP contribution in [0.25, 0.3) is 5.57 Å². The number of hydrogen-bond acceptors (Lipinski definition) is 4. The fourth-order valence-corrected chi connectivity index (χ4v) is 2.64. The third-order valence-electron chi connectivity index (χ3n) is 3.77. The van der Waals surface area contributed by atoms with E-state index in [1.165, 1.54) is 0 Å². The van der Waals surface area contributed by atoms with Crippen molar-refractivity contribution >= 4 is 11.4 Å². The standard InChI is InChI=1S/C21H27N3O2/c1-8-25-17-12-10-16(14-18(17)26-9-2)11-13-19-22-21(23(5)6)20(15(3)4)24(19)7/h10,12,14H,3,8-9H2,1-2,4-7H3. The molecule has 2 rings (SSSR count). The summed E-state index contributed by atoms with van der Waals surface area (Å²) in [6.45, 7) is 11.1. The number of allylic oxidation sites excluding steroid dienone is 1. The van der Waals surface area contributed by atoms with Crippen LogP contribution in [-0.4, -0.2) is 36.9 Å². The monoisotopic (exact) mass is 353 g/mol. The van der Waals surface area contributed by atoms with Gasteiger partial charge in [0.1, 0.15) is 0 Å². The van der Waals surface area contributed by atoms with Gasteiger partial charge < -0.3 is 18.9 Å². The Morgan fingerprint density at radius 1 is 1.15 bits per heavy atom. The lowest BCUT2D eigenvalue weighted by atomic mass is 10.2. The summed E-state index contributed by atoms with van der Waals surface area (Å²) in [6.07, 6.45) is 0. The van der Waals surface area contributed by atoms with Crippen LogP contribution in [0.3, 0.4) is 0 Å². The normalized spacial score (nSPS) is 10.1. The summed E-state index contributed by atoms with van der Waals surface area (Å²) in [4.78, 5) is 6.62. The summed E-state index contributed by atoms with van der Waals surface area (Å²) in [5.74, 6) is 9.33. The Kier molecular flexibility index (Phi) is 6.35. The van der Waals surface area contributed by atoms with Crippen molar-refractivity contribution < 1.29 is 9.47 Å². The molecule has 0 saturated carbocycles. The summed E-state index contributed by atoms with van der Waals surface area (Å²) >= 11 is 0. The quantitative estimate of drug-likeness (QED) is 0.742.